The highest BCUT2D eigenvalue weighted by Gasteiger charge is 2.48. The summed E-state index contributed by atoms with van der Waals surface area (Å²) in [6, 6.07) is 17.9. The van der Waals surface area contributed by atoms with Crippen molar-refractivity contribution in [3.8, 4) is 31.4 Å². The number of benzene rings is 2. The van der Waals surface area contributed by atoms with Crippen LogP contribution in [0.15, 0.2) is 54.6 Å². The molecule has 1 saturated carbocycles. The summed E-state index contributed by atoms with van der Waals surface area (Å²) in [4.78, 5) is 14.9. The normalized spacial score (nSPS) is 19.8. The standard InChI is InChI=1S/C25H32N2O2.2C2H2/c1-29-22-16-14-20(15-17-22)24-23(25(28)27(24)21-12-6-3-7-13-21)26-18-8-11-19-9-4-2-5-10-19;2*1-2/h3,6-7,12-17,19,23-24,26H,2,4-5,8-11,18H2,1H3;2*1-2H. The second-order valence-corrected chi connectivity index (χ2v) is 8.34. The van der Waals surface area contributed by atoms with Gasteiger partial charge in [-0.3, -0.25) is 4.79 Å². The molecule has 2 aromatic carbocycles. The molecule has 1 saturated heterocycles. The summed E-state index contributed by atoms with van der Waals surface area (Å²) in [6.07, 6.45) is 25.4. The van der Waals surface area contributed by atoms with E-state index in [1.54, 1.807) is 7.11 Å². The van der Waals surface area contributed by atoms with Crippen molar-refractivity contribution in [1.82, 2.24) is 5.32 Å². The summed E-state index contributed by atoms with van der Waals surface area (Å²) in [5.74, 6) is 1.89. The smallest absolute Gasteiger partial charge is 0.247 e. The van der Waals surface area contributed by atoms with Crippen molar-refractivity contribution < 1.29 is 9.53 Å². The van der Waals surface area contributed by atoms with Crippen LogP contribution in [0.4, 0.5) is 5.69 Å². The van der Waals surface area contributed by atoms with Crippen LogP contribution in [0.3, 0.4) is 0 Å². The zero-order chi connectivity index (χ0) is 24.1. The van der Waals surface area contributed by atoms with Crippen molar-refractivity contribution in [1.29, 1.82) is 0 Å². The number of rotatable bonds is 8. The van der Waals surface area contributed by atoms with Crippen LogP contribution in [0, 0.1) is 31.6 Å². The van der Waals surface area contributed by atoms with Gasteiger partial charge in [-0.2, -0.15) is 0 Å². The number of methoxy groups -OCH3 is 1. The average molecular weight is 445 g/mol. The zero-order valence-electron chi connectivity index (χ0n) is 19.7. The topological polar surface area (TPSA) is 41.6 Å². The Morgan fingerprint density at radius 3 is 2.18 bits per heavy atom. The molecule has 2 atom stereocenters. The summed E-state index contributed by atoms with van der Waals surface area (Å²) in [5, 5.41) is 3.56. The Balaban J connectivity index is 0.000000914. The van der Waals surface area contributed by atoms with Gasteiger partial charge >= 0.3 is 0 Å². The summed E-state index contributed by atoms with van der Waals surface area (Å²) >= 11 is 0. The Labute approximate surface area is 199 Å². The van der Waals surface area contributed by atoms with Crippen LogP contribution in [0.2, 0.25) is 0 Å². The van der Waals surface area contributed by atoms with Gasteiger partial charge in [0, 0.05) is 5.69 Å². The summed E-state index contributed by atoms with van der Waals surface area (Å²) in [5.41, 5.74) is 2.10. The number of hydrogen-bond donors (Lipinski definition) is 1. The van der Waals surface area contributed by atoms with Crippen LogP contribution in [-0.2, 0) is 4.79 Å². The lowest BCUT2D eigenvalue weighted by molar-refractivity contribution is -0.127. The molecule has 33 heavy (non-hydrogen) atoms. The molecule has 174 valence electrons. The number of carbonyl (C=O) groups is 1. The van der Waals surface area contributed by atoms with Gasteiger partial charge in [-0.1, -0.05) is 62.4 Å². The number of para-hydroxylation sites is 1. The molecular weight excluding hydrogens is 408 g/mol. The van der Waals surface area contributed by atoms with E-state index in [2.05, 4.69) is 43.1 Å². The monoisotopic (exact) mass is 444 g/mol. The van der Waals surface area contributed by atoms with Crippen LogP contribution in [0.1, 0.15) is 56.6 Å². The summed E-state index contributed by atoms with van der Waals surface area (Å²) in [7, 11) is 1.68. The summed E-state index contributed by atoms with van der Waals surface area (Å²) < 4.78 is 5.30. The fraction of sp³-hybridized carbons (Fsp3) is 0.414. The molecule has 0 spiro atoms. The second-order valence-electron chi connectivity index (χ2n) is 8.34. The number of ether oxygens (including phenoxy) is 1. The van der Waals surface area contributed by atoms with Gasteiger partial charge in [0.25, 0.3) is 0 Å². The highest BCUT2D eigenvalue weighted by Crippen LogP contribution is 2.39. The minimum absolute atomic E-state index is 0.0190. The minimum atomic E-state index is -0.157. The van der Waals surface area contributed by atoms with Crippen LogP contribution in [-0.4, -0.2) is 25.6 Å². The van der Waals surface area contributed by atoms with E-state index in [-0.39, 0.29) is 18.0 Å². The lowest BCUT2D eigenvalue weighted by Gasteiger charge is -2.47. The number of hydrogen-bond acceptors (Lipinski definition) is 3. The lowest BCUT2D eigenvalue weighted by atomic mass is 9.85. The number of amides is 1. The van der Waals surface area contributed by atoms with Gasteiger partial charge in [-0.05, 0) is 55.1 Å². The number of anilines is 1. The van der Waals surface area contributed by atoms with Crippen molar-refractivity contribution in [2.45, 2.75) is 57.0 Å². The zero-order valence-corrected chi connectivity index (χ0v) is 19.7. The van der Waals surface area contributed by atoms with Crippen LogP contribution < -0.4 is 15.0 Å². The van der Waals surface area contributed by atoms with Gasteiger partial charge in [-0.25, -0.2) is 0 Å². The number of nitrogens with one attached hydrogen (secondary N) is 1. The van der Waals surface area contributed by atoms with Crippen molar-refractivity contribution >= 4 is 11.6 Å². The van der Waals surface area contributed by atoms with Gasteiger partial charge in [0.15, 0.2) is 0 Å². The second kappa shape index (κ2) is 14.0. The molecule has 2 fully saturated rings. The van der Waals surface area contributed by atoms with E-state index in [0.29, 0.717) is 0 Å². The molecule has 0 aromatic heterocycles. The van der Waals surface area contributed by atoms with E-state index in [0.717, 1.165) is 35.9 Å². The van der Waals surface area contributed by atoms with Gasteiger partial charge in [-0.15, -0.1) is 25.7 Å². The molecule has 1 amide bonds. The third kappa shape index (κ3) is 6.64. The van der Waals surface area contributed by atoms with E-state index >= 15 is 0 Å². The van der Waals surface area contributed by atoms with Crippen molar-refractivity contribution in [2.24, 2.45) is 5.92 Å². The quantitative estimate of drug-likeness (QED) is 0.327. The van der Waals surface area contributed by atoms with Gasteiger partial charge in [0.2, 0.25) is 5.91 Å². The Kier molecular flexibility index (Phi) is 11.1. The maximum atomic E-state index is 13.0. The Bertz CT molecular complexity index is 861. The fourth-order valence-corrected chi connectivity index (χ4v) is 4.83. The third-order valence-electron chi connectivity index (χ3n) is 6.47. The Morgan fingerprint density at radius 1 is 0.939 bits per heavy atom. The molecule has 1 aliphatic carbocycles. The van der Waals surface area contributed by atoms with Crippen molar-refractivity contribution in [3.63, 3.8) is 0 Å². The van der Waals surface area contributed by atoms with E-state index in [9.17, 15) is 4.79 Å². The molecule has 2 aromatic rings. The van der Waals surface area contributed by atoms with E-state index in [1.807, 2.05) is 47.4 Å². The first-order valence-electron chi connectivity index (χ1n) is 11.7. The molecule has 4 rings (SSSR count). The average Bonchev–Trinajstić information content (AvgIpc) is 2.90. The maximum Gasteiger partial charge on any atom is 0.247 e. The molecular formula is C29H36N2O2. The molecule has 2 aliphatic rings. The molecule has 4 heteroatoms. The minimum Gasteiger partial charge on any atom is -0.497 e. The lowest BCUT2D eigenvalue weighted by Crippen LogP contribution is -2.65. The number of carbonyl (C=O) groups excluding carboxylic acids is 1. The molecule has 4 nitrogen and oxygen atoms in total. The Hall–Kier alpha value is -3.21. The first-order chi connectivity index (χ1) is 16.3. The van der Waals surface area contributed by atoms with E-state index < -0.39 is 0 Å². The highest BCUT2D eigenvalue weighted by molar-refractivity contribution is 6.05. The largest absolute Gasteiger partial charge is 0.497 e. The molecule has 1 N–H and O–H groups in total. The van der Waals surface area contributed by atoms with E-state index in [1.165, 1.54) is 38.5 Å². The maximum absolute atomic E-state index is 13.0. The molecule has 1 heterocycles. The van der Waals surface area contributed by atoms with Crippen LogP contribution in [0.25, 0.3) is 0 Å². The SMILES string of the molecule is C#C.C#C.COc1ccc(C2C(NCCCC3CCCCC3)C(=O)N2c2ccccc2)cc1. The molecule has 0 radical (unpaired) electrons. The third-order valence-corrected chi connectivity index (χ3v) is 6.47. The predicted molar refractivity (Wildman–Crippen MR) is 137 cm³/mol. The Morgan fingerprint density at radius 2 is 1.58 bits per heavy atom. The van der Waals surface area contributed by atoms with Crippen molar-refractivity contribution in [3.05, 3.63) is 60.2 Å². The molecule has 0 bridgehead atoms. The van der Waals surface area contributed by atoms with Gasteiger partial charge < -0.3 is 15.0 Å². The number of nitrogens with zero attached hydrogens (tertiary/aromatic N) is 1. The molecule has 2 unspecified atom stereocenters. The number of β-lactam (4-membered cyclic amide) rings is 1. The molecule has 1 aliphatic heterocycles. The first kappa shape index (κ1) is 26.0. The summed E-state index contributed by atoms with van der Waals surface area (Å²) in [6.45, 7) is 0.905. The van der Waals surface area contributed by atoms with Crippen molar-refractivity contribution in [2.75, 3.05) is 18.6 Å². The van der Waals surface area contributed by atoms with E-state index in [4.69, 9.17) is 4.74 Å². The van der Waals surface area contributed by atoms with Gasteiger partial charge in [0.1, 0.15) is 11.8 Å². The van der Waals surface area contributed by atoms with Crippen LogP contribution >= 0.6 is 0 Å². The highest BCUT2D eigenvalue weighted by atomic mass is 16.5. The predicted octanol–water partition coefficient (Wildman–Crippen LogP) is 5.60. The van der Waals surface area contributed by atoms with Crippen LogP contribution in [0.5, 0.6) is 5.75 Å². The fourth-order valence-electron chi connectivity index (χ4n) is 4.83. The first-order valence-corrected chi connectivity index (χ1v) is 11.7. The van der Waals surface area contributed by atoms with Gasteiger partial charge in [0.05, 0.1) is 13.2 Å². The number of terminal acetylenes is 2.